The number of H-pyrrole nitrogens is 1. The van der Waals surface area contributed by atoms with E-state index in [1.165, 1.54) is 31.1 Å². The van der Waals surface area contributed by atoms with Crippen molar-refractivity contribution in [2.45, 2.75) is 12.1 Å². The first-order chi connectivity index (χ1) is 9.55. The van der Waals surface area contributed by atoms with E-state index in [0.29, 0.717) is 16.4 Å². The summed E-state index contributed by atoms with van der Waals surface area (Å²) in [7, 11) is 1.30. The van der Waals surface area contributed by atoms with Crippen molar-refractivity contribution in [2.75, 3.05) is 13.4 Å². The topological polar surface area (TPSA) is 97.8 Å². The van der Waals surface area contributed by atoms with E-state index in [1.807, 2.05) is 0 Å². The molecular weight excluding hydrogens is 280 g/mol. The second kappa shape index (κ2) is 5.83. The van der Waals surface area contributed by atoms with Crippen molar-refractivity contribution in [3.05, 3.63) is 27.8 Å². The van der Waals surface area contributed by atoms with Crippen molar-refractivity contribution < 1.29 is 9.53 Å². The minimum absolute atomic E-state index is 0.134. The molecule has 0 amide bonds. The van der Waals surface area contributed by atoms with Crippen LogP contribution in [0.25, 0.3) is 17.2 Å². The van der Waals surface area contributed by atoms with Crippen LogP contribution in [0.3, 0.4) is 0 Å². The minimum atomic E-state index is -0.461. The van der Waals surface area contributed by atoms with Crippen molar-refractivity contribution in [1.29, 1.82) is 0 Å². The molecule has 8 heteroatoms. The minimum Gasteiger partial charge on any atom is -0.466 e. The number of aromatic amines is 1. The number of hydrogen-bond acceptors (Lipinski definition) is 7. The summed E-state index contributed by atoms with van der Waals surface area (Å²) in [5.74, 6) is -0.461. The molecule has 0 aliphatic heterocycles. The summed E-state index contributed by atoms with van der Waals surface area (Å²) >= 11 is 1.31. The highest BCUT2D eigenvalue weighted by atomic mass is 32.2. The molecule has 0 saturated heterocycles. The Morgan fingerprint density at radius 3 is 2.85 bits per heavy atom. The molecule has 0 unspecified atom stereocenters. The van der Waals surface area contributed by atoms with Crippen molar-refractivity contribution in [3.8, 4) is 0 Å². The van der Waals surface area contributed by atoms with Gasteiger partial charge in [-0.3, -0.25) is 9.78 Å². The van der Waals surface area contributed by atoms with Gasteiger partial charge in [-0.15, -0.1) is 0 Å². The highest BCUT2D eigenvalue weighted by molar-refractivity contribution is 7.98. The molecule has 0 aliphatic carbocycles. The normalized spacial score (nSPS) is 11.7. The summed E-state index contributed by atoms with van der Waals surface area (Å²) in [4.78, 5) is 38.1. The highest BCUT2D eigenvalue weighted by Gasteiger charge is 2.08. The number of ether oxygens (including phenoxy) is 1. The lowest BCUT2D eigenvalue weighted by Crippen LogP contribution is -2.12. The monoisotopic (exact) mass is 292 g/mol. The number of esters is 1. The fraction of sp³-hybridized carbons (Fsp3) is 0.250. The maximum absolute atomic E-state index is 11.9. The maximum Gasteiger partial charge on any atom is 0.333 e. The fourth-order valence-corrected chi connectivity index (χ4v) is 1.89. The van der Waals surface area contributed by atoms with Gasteiger partial charge in [0.15, 0.2) is 16.3 Å². The van der Waals surface area contributed by atoms with Crippen LogP contribution in [-0.2, 0) is 9.53 Å². The quantitative estimate of drug-likeness (QED) is 0.390. The van der Waals surface area contributed by atoms with Crippen LogP contribution in [0, 0.1) is 0 Å². The molecule has 2 heterocycles. The van der Waals surface area contributed by atoms with Crippen molar-refractivity contribution >= 4 is 35.0 Å². The molecular formula is C12H12N4O3S. The van der Waals surface area contributed by atoms with Gasteiger partial charge in [-0.1, -0.05) is 11.8 Å². The smallest absolute Gasteiger partial charge is 0.333 e. The molecule has 1 N–H and O–H groups in total. The molecule has 2 aromatic rings. The molecule has 0 spiro atoms. The predicted molar refractivity (Wildman–Crippen MR) is 75.4 cm³/mol. The predicted octanol–water partition coefficient (Wildman–Crippen LogP) is 1.01. The first kappa shape index (κ1) is 14.2. The second-order valence-electron chi connectivity index (χ2n) is 3.86. The number of carbonyl (C=O) groups excluding carboxylic acids is 1. The van der Waals surface area contributed by atoms with Crippen LogP contribution >= 0.6 is 11.8 Å². The number of nitrogens with zero attached hydrogens (tertiary/aromatic N) is 3. The molecule has 7 nitrogen and oxygen atoms in total. The van der Waals surface area contributed by atoms with Gasteiger partial charge in [0.25, 0.3) is 5.56 Å². The standard InChI is InChI=1S/C12H12N4O3S/c1-6(11(18)19-2)4-7-5-13-9-8(14-7)10(17)16-12(15-9)20-3/h4-5H,1-3H3,(H,13,15,16,17)/b6-4+. The number of rotatable bonds is 3. The van der Waals surface area contributed by atoms with E-state index in [2.05, 4.69) is 24.7 Å². The van der Waals surface area contributed by atoms with Gasteiger partial charge in [-0.25, -0.2) is 19.7 Å². The number of fused-ring (bicyclic) bond motifs is 1. The van der Waals surface area contributed by atoms with Crippen LogP contribution in [0.5, 0.6) is 0 Å². The second-order valence-corrected chi connectivity index (χ2v) is 4.66. The molecule has 0 radical (unpaired) electrons. The van der Waals surface area contributed by atoms with Gasteiger partial charge in [-0.05, 0) is 19.3 Å². The number of thioether (sulfide) groups is 1. The number of carbonyl (C=O) groups is 1. The molecule has 0 aliphatic rings. The lowest BCUT2D eigenvalue weighted by molar-refractivity contribution is -0.135. The van der Waals surface area contributed by atoms with E-state index in [4.69, 9.17) is 0 Å². The molecule has 0 atom stereocenters. The van der Waals surface area contributed by atoms with Crippen LogP contribution in [0.2, 0.25) is 0 Å². The molecule has 104 valence electrons. The lowest BCUT2D eigenvalue weighted by atomic mass is 10.2. The Hall–Kier alpha value is -2.22. The zero-order valence-corrected chi connectivity index (χ0v) is 11.9. The third-order valence-corrected chi connectivity index (χ3v) is 3.06. The van der Waals surface area contributed by atoms with Crippen molar-refractivity contribution in [1.82, 2.24) is 19.9 Å². The third kappa shape index (κ3) is 2.85. The van der Waals surface area contributed by atoms with E-state index < -0.39 is 5.97 Å². The van der Waals surface area contributed by atoms with Crippen LogP contribution in [0.1, 0.15) is 12.6 Å². The molecule has 0 saturated carbocycles. The Bertz CT molecular complexity index is 754. The van der Waals surface area contributed by atoms with E-state index >= 15 is 0 Å². The van der Waals surface area contributed by atoms with E-state index in [9.17, 15) is 9.59 Å². The van der Waals surface area contributed by atoms with Gasteiger partial charge in [0, 0.05) is 5.57 Å². The summed E-state index contributed by atoms with van der Waals surface area (Å²) in [5, 5.41) is 0.478. The Morgan fingerprint density at radius 1 is 1.45 bits per heavy atom. The Balaban J connectivity index is 2.52. The molecule has 2 rings (SSSR count). The molecule has 20 heavy (non-hydrogen) atoms. The first-order valence-electron chi connectivity index (χ1n) is 5.63. The fourth-order valence-electron chi connectivity index (χ4n) is 1.52. The number of methoxy groups -OCH3 is 1. The van der Waals surface area contributed by atoms with E-state index in [-0.39, 0.29) is 16.7 Å². The number of aromatic nitrogens is 4. The molecule has 0 aromatic carbocycles. The van der Waals surface area contributed by atoms with Crippen molar-refractivity contribution in [3.63, 3.8) is 0 Å². The number of nitrogens with one attached hydrogen (secondary N) is 1. The summed E-state index contributed by atoms with van der Waals surface area (Å²) < 4.78 is 4.59. The molecule has 0 bridgehead atoms. The van der Waals surface area contributed by atoms with Crippen LogP contribution in [-0.4, -0.2) is 39.3 Å². The summed E-state index contributed by atoms with van der Waals surface area (Å²) in [6, 6.07) is 0. The van der Waals surface area contributed by atoms with Gasteiger partial charge >= 0.3 is 5.97 Å². The Labute approximate surface area is 118 Å². The zero-order chi connectivity index (χ0) is 14.7. The average molecular weight is 292 g/mol. The molecule has 0 fully saturated rings. The van der Waals surface area contributed by atoms with Gasteiger partial charge in [0.1, 0.15) is 0 Å². The van der Waals surface area contributed by atoms with Gasteiger partial charge in [0.2, 0.25) is 0 Å². The Kier molecular flexibility index (Phi) is 4.14. The number of hydrogen-bond donors (Lipinski definition) is 1. The van der Waals surface area contributed by atoms with Crippen LogP contribution < -0.4 is 5.56 Å². The zero-order valence-electron chi connectivity index (χ0n) is 11.1. The van der Waals surface area contributed by atoms with Gasteiger partial charge in [0.05, 0.1) is 19.0 Å². The van der Waals surface area contributed by atoms with Gasteiger partial charge < -0.3 is 4.74 Å². The van der Waals surface area contributed by atoms with Crippen LogP contribution in [0.4, 0.5) is 0 Å². The van der Waals surface area contributed by atoms with E-state index in [0.717, 1.165) is 0 Å². The van der Waals surface area contributed by atoms with E-state index in [1.54, 1.807) is 13.2 Å². The van der Waals surface area contributed by atoms with Gasteiger partial charge in [-0.2, -0.15) is 0 Å². The Morgan fingerprint density at radius 2 is 2.20 bits per heavy atom. The average Bonchev–Trinajstić information content (AvgIpc) is 2.46. The van der Waals surface area contributed by atoms with Crippen molar-refractivity contribution in [2.24, 2.45) is 0 Å². The summed E-state index contributed by atoms with van der Waals surface area (Å²) in [6.07, 6.45) is 4.75. The highest BCUT2D eigenvalue weighted by Crippen LogP contribution is 2.11. The summed E-state index contributed by atoms with van der Waals surface area (Å²) in [6.45, 7) is 1.59. The summed E-state index contributed by atoms with van der Waals surface area (Å²) in [5.41, 5.74) is 0.800. The maximum atomic E-state index is 11.9. The van der Waals surface area contributed by atoms with Crippen LogP contribution in [0.15, 0.2) is 21.7 Å². The lowest BCUT2D eigenvalue weighted by Gasteiger charge is -2.01. The SMILES string of the molecule is COC(=O)/C(C)=C/c1cnc2nc(SC)[nH]c(=O)c2n1. The third-order valence-electron chi connectivity index (χ3n) is 2.48. The first-order valence-corrected chi connectivity index (χ1v) is 6.85. The largest absolute Gasteiger partial charge is 0.466 e. The molecule has 2 aromatic heterocycles.